The average molecular weight is 689 g/mol. The van der Waals surface area contributed by atoms with Gasteiger partial charge in [0.25, 0.3) is 0 Å². The molecule has 1 amide bonds. The van der Waals surface area contributed by atoms with Gasteiger partial charge in [0.15, 0.2) is 0 Å². The second-order valence-electron chi connectivity index (χ2n) is 10.2. The van der Waals surface area contributed by atoms with E-state index < -0.39 is 79.3 Å². The van der Waals surface area contributed by atoms with Crippen molar-refractivity contribution >= 4 is 31.9 Å². The summed E-state index contributed by atoms with van der Waals surface area (Å²) < 4.78 is 110. The molecule has 46 heavy (non-hydrogen) atoms. The number of hydrogen-bond acceptors (Lipinski definition) is 7. The second kappa shape index (κ2) is 15.1. The third-order valence-electron chi connectivity index (χ3n) is 6.88. The minimum atomic E-state index is -5.20. The van der Waals surface area contributed by atoms with Gasteiger partial charge in [0, 0.05) is 37.9 Å². The number of aliphatic carboxylic acids is 1. The van der Waals surface area contributed by atoms with Crippen LogP contribution in [-0.4, -0.2) is 68.5 Å². The first kappa shape index (κ1) is 36.5. The number of alkyl halides is 3. The minimum Gasteiger partial charge on any atom is -0.480 e. The van der Waals surface area contributed by atoms with Crippen molar-refractivity contribution in [3.05, 3.63) is 83.4 Å². The lowest BCUT2D eigenvalue weighted by Gasteiger charge is -2.30. The Morgan fingerprint density at radius 1 is 1.07 bits per heavy atom. The maximum absolute atomic E-state index is 13.9. The molecule has 0 saturated carbocycles. The van der Waals surface area contributed by atoms with Crippen molar-refractivity contribution < 1.29 is 49.1 Å². The summed E-state index contributed by atoms with van der Waals surface area (Å²) in [6.07, 6.45) is -2.48. The highest BCUT2D eigenvalue weighted by Crippen LogP contribution is 2.38. The first-order chi connectivity index (χ1) is 21.4. The lowest BCUT2D eigenvalue weighted by atomic mass is 9.98. The first-order valence-electron chi connectivity index (χ1n) is 13.8. The Kier molecular flexibility index (Phi) is 12.0. The molecule has 0 aliphatic rings. The molecule has 0 radical (unpaired) electrons. The summed E-state index contributed by atoms with van der Waals surface area (Å²) in [7, 11) is -8.94. The quantitative estimate of drug-likeness (QED) is 0.203. The summed E-state index contributed by atoms with van der Waals surface area (Å²) in [5.41, 5.74) is 1.08. The highest BCUT2D eigenvalue weighted by molar-refractivity contribution is 7.89. The SMILES string of the molecule is Cc1cnccc1-c1cccc(C(C)N(CCCC(=O)NCCS(=O)(=O)NCC(=O)O)S(=O)(=O)c2ccc(F)cc2C(F)(F)F)c1. The number of carbonyl (C=O) groups is 2. The van der Waals surface area contributed by atoms with Gasteiger partial charge in [-0.15, -0.1) is 0 Å². The number of rotatable bonds is 15. The summed E-state index contributed by atoms with van der Waals surface area (Å²) in [5, 5.41) is 10.9. The number of benzene rings is 2. The van der Waals surface area contributed by atoms with Crippen molar-refractivity contribution in [1.29, 1.82) is 0 Å². The Labute approximate surface area is 263 Å². The Hall–Kier alpha value is -3.93. The number of aryl methyl sites for hydroxylation is 1. The molecule has 1 unspecified atom stereocenters. The van der Waals surface area contributed by atoms with Gasteiger partial charge in [-0.05, 0) is 72.9 Å². The van der Waals surface area contributed by atoms with E-state index in [1.807, 2.05) is 11.6 Å². The van der Waals surface area contributed by atoms with Gasteiger partial charge in [-0.1, -0.05) is 18.2 Å². The Bertz CT molecular complexity index is 1790. The molecule has 3 aromatic rings. The van der Waals surface area contributed by atoms with Gasteiger partial charge in [-0.2, -0.15) is 17.5 Å². The summed E-state index contributed by atoms with van der Waals surface area (Å²) >= 11 is 0. The molecule has 3 rings (SSSR count). The zero-order valence-electron chi connectivity index (χ0n) is 24.7. The van der Waals surface area contributed by atoms with E-state index in [2.05, 4.69) is 10.3 Å². The lowest BCUT2D eigenvalue weighted by Crippen LogP contribution is -2.37. The Balaban J connectivity index is 1.88. The van der Waals surface area contributed by atoms with E-state index in [1.54, 1.807) is 42.7 Å². The zero-order chi connectivity index (χ0) is 34.3. The normalized spacial score (nSPS) is 13.0. The number of hydrogen-bond donors (Lipinski definition) is 3. The molecule has 11 nitrogen and oxygen atoms in total. The van der Waals surface area contributed by atoms with Crippen LogP contribution >= 0.6 is 0 Å². The van der Waals surface area contributed by atoms with Crippen LogP contribution in [0.5, 0.6) is 0 Å². The molecule has 1 heterocycles. The van der Waals surface area contributed by atoms with Crippen LogP contribution in [0.3, 0.4) is 0 Å². The number of sulfonamides is 2. The maximum Gasteiger partial charge on any atom is 0.417 e. The van der Waals surface area contributed by atoms with Crippen LogP contribution < -0.4 is 10.0 Å². The number of halogens is 4. The molecule has 1 atom stereocenters. The maximum atomic E-state index is 13.9. The third-order valence-corrected chi connectivity index (χ3v) is 10.2. The number of aromatic nitrogens is 1. The average Bonchev–Trinajstić information content (AvgIpc) is 2.97. The predicted octanol–water partition coefficient (Wildman–Crippen LogP) is 3.87. The molecular weight excluding hydrogens is 656 g/mol. The first-order valence-corrected chi connectivity index (χ1v) is 16.9. The molecule has 2 aromatic carbocycles. The van der Waals surface area contributed by atoms with Gasteiger partial charge in [-0.3, -0.25) is 14.6 Å². The van der Waals surface area contributed by atoms with Crippen LogP contribution in [0.1, 0.15) is 42.5 Å². The molecule has 0 fully saturated rings. The van der Waals surface area contributed by atoms with Crippen LogP contribution in [0.15, 0.2) is 65.8 Å². The standard InChI is InChI=1S/C29H32F4N4O7S2/c1-19-17-34-11-10-24(19)22-6-3-5-21(15-22)20(2)37(46(43,44)26-9-8-23(30)16-25(26)29(31,32)33)13-4-7-27(38)35-12-14-45(41,42)36-18-28(39)40/h3,5-6,8-11,15-17,20,36H,4,7,12-14,18H2,1-2H3,(H,35,38)(H,39,40). The van der Waals surface area contributed by atoms with Gasteiger partial charge in [0.1, 0.15) is 12.4 Å². The topological polar surface area (TPSA) is 163 Å². The summed E-state index contributed by atoms with van der Waals surface area (Å²) in [5.74, 6) is -3.97. The van der Waals surface area contributed by atoms with E-state index in [-0.39, 0.29) is 25.5 Å². The second-order valence-corrected chi connectivity index (χ2v) is 14.0. The van der Waals surface area contributed by atoms with Crippen LogP contribution in [-0.2, 0) is 35.8 Å². The number of carboxylic acids is 1. The molecule has 3 N–H and O–H groups in total. The summed E-state index contributed by atoms with van der Waals surface area (Å²) in [4.78, 5) is 25.9. The van der Waals surface area contributed by atoms with Crippen molar-refractivity contribution in [3.8, 4) is 11.1 Å². The number of carboxylic acid groups (broad SMARTS) is 1. The highest BCUT2D eigenvalue weighted by atomic mass is 32.2. The van der Waals surface area contributed by atoms with Crippen LogP contribution in [0.2, 0.25) is 0 Å². The Morgan fingerprint density at radius 3 is 2.43 bits per heavy atom. The molecule has 0 saturated heterocycles. The van der Waals surface area contributed by atoms with E-state index in [4.69, 9.17) is 5.11 Å². The molecule has 0 spiro atoms. The fraction of sp³-hybridized carbons (Fsp3) is 0.345. The number of nitrogens with zero attached hydrogens (tertiary/aromatic N) is 2. The van der Waals surface area contributed by atoms with Crippen molar-refractivity contribution in [2.45, 2.75) is 43.8 Å². The largest absolute Gasteiger partial charge is 0.480 e. The molecular formula is C29H32F4N4O7S2. The van der Waals surface area contributed by atoms with Gasteiger partial charge >= 0.3 is 12.1 Å². The molecule has 0 aliphatic carbocycles. The van der Waals surface area contributed by atoms with Crippen molar-refractivity contribution in [3.63, 3.8) is 0 Å². The highest BCUT2D eigenvalue weighted by Gasteiger charge is 2.41. The van der Waals surface area contributed by atoms with Crippen molar-refractivity contribution in [1.82, 2.24) is 19.3 Å². The minimum absolute atomic E-state index is 0.107. The van der Waals surface area contributed by atoms with E-state index >= 15 is 0 Å². The number of pyridine rings is 1. The van der Waals surface area contributed by atoms with Crippen molar-refractivity contribution in [2.75, 3.05) is 25.4 Å². The smallest absolute Gasteiger partial charge is 0.417 e. The third kappa shape index (κ3) is 9.78. The van der Waals surface area contributed by atoms with Gasteiger partial charge in [-0.25, -0.2) is 25.9 Å². The van der Waals surface area contributed by atoms with E-state index in [0.29, 0.717) is 23.3 Å². The van der Waals surface area contributed by atoms with Gasteiger partial charge in [0.2, 0.25) is 26.0 Å². The van der Waals surface area contributed by atoms with E-state index in [0.717, 1.165) is 15.4 Å². The molecule has 250 valence electrons. The van der Waals surface area contributed by atoms with E-state index in [1.165, 1.54) is 6.92 Å². The van der Waals surface area contributed by atoms with Gasteiger partial charge < -0.3 is 10.4 Å². The predicted molar refractivity (Wildman–Crippen MR) is 160 cm³/mol. The monoisotopic (exact) mass is 688 g/mol. The zero-order valence-corrected chi connectivity index (χ0v) is 26.3. The number of amides is 1. The van der Waals surface area contributed by atoms with Crippen molar-refractivity contribution in [2.24, 2.45) is 0 Å². The number of nitrogens with one attached hydrogen (secondary N) is 2. The summed E-state index contributed by atoms with van der Waals surface area (Å²) in [6, 6.07) is 8.72. The molecule has 0 aliphatic heterocycles. The number of carbonyl (C=O) groups excluding carboxylic acids is 1. The Morgan fingerprint density at radius 2 is 1.78 bits per heavy atom. The lowest BCUT2D eigenvalue weighted by molar-refractivity contribution is -0.140. The van der Waals surface area contributed by atoms with Crippen LogP contribution in [0, 0.1) is 12.7 Å². The fourth-order valence-electron chi connectivity index (χ4n) is 4.58. The summed E-state index contributed by atoms with van der Waals surface area (Å²) in [6.45, 7) is 1.66. The van der Waals surface area contributed by atoms with E-state index in [9.17, 15) is 44.0 Å². The van der Waals surface area contributed by atoms with Crippen LogP contribution in [0.25, 0.3) is 11.1 Å². The van der Waals surface area contributed by atoms with Crippen LogP contribution in [0.4, 0.5) is 17.6 Å². The molecule has 1 aromatic heterocycles. The molecule has 17 heteroatoms. The fourth-order valence-corrected chi connectivity index (χ4v) is 7.29. The molecule has 0 bridgehead atoms. The van der Waals surface area contributed by atoms with Gasteiger partial charge in [0.05, 0.1) is 16.2 Å².